The van der Waals surface area contributed by atoms with Crippen LogP contribution in [0.5, 0.6) is 11.5 Å². The number of benzene rings is 2. The topological polar surface area (TPSA) is 89.0 Å². The molecule has 0 saturated heterocycles. The van der Waals surface area contributed by atoms with Crippen LogP contribution in [0.3, 0.4) is 0 Å². The van der Waals surface area contributed by atoms with Gasteiger partial charge in [0, 0.05) is 53.3 Å². The Morgan fingerprint density at radius 2 is 1.39 bits per heavy atom. The Bertz CT molecular complexity index is 1380. The van der Waals surface area contributed by atoms with E-state index in [1.165, 1.54) is 0 Å². The summed E-state index contributed by atoms with van der Waals surface area (Å²) in [6, 6.07) is 21.8. The molecule has 0 spiro atoms. The molecule has 0 fully saturated rings. The van der Waals surface area contributed by atoms with Gasteiger partial charge in [-0.1, -0.05) is 0 Å². The molecule has 7 nitrogen and oxygen atoms in total. The van der Waals surface area contributed by atoms with Crippen LogP contribution in [0, 0.1) is 0 Å². The van der Waals surface area contributed by atoms with Gasteiger partial charge < -0.3 is 15.4 Å². The first-order valence-corrected chi connectivity index (χ1v) is 10.3. The van der Waals surface area contributed by atoms with E-state index in [2.05, 4.69) is 25.6 Å². The number of rotatable bonds is 6. The molecule has 7 heteroatoms. The second-order valence-electron chi connectivity index (χ2n) is 7.22. The Morgan fingerprint density at radius 3 is 2.18 bits per heavy atom. The van der Waals surface area contributed by atoms with Gasteiger partial charge in [0.2, 0.25) is 0 Å². The van der Waals surface area contributed by atoms with Crippen LogP contribution >= 0.6 is 0 Å². The molecule has 0 aliphatic carbocycles. The van der Waals surface area contributed by atoms with Crippen LogP contribution in [-0.2, 0) is 0 Å². The predicted molar refractivity (Wildman–Crippen MR) is 128 cm³/mol. The minimum Gasteiger partial charge on any atom is -0.457 e. The minimum absolute atomic E-state index is 0.192. The molecule has 5 aromatic rings. The summed E-state index contributed by atoms with van der Waals surface area (Å²) in [6.45, 7) is 0. The lowest BCUT2D eigenvalue weighted by Crippen LogP contribution is -2.11. The third kappa shape index (κ3) is 4.77. The first-order valence-electron chi connectivity index (χ1n) is 10.3. The molecule has 2 aromatic carbocycles. The Balaban J connectivity index is 1.23. The Labute approximate surface area is 190 Å². The smallest absolute Gasteiger partial charge is 0.255 e. The summed E-state index contributed by atoms with van der Waals surface area (Å²) < 4.78 is 5.74. The predicted octanol–water partition coefficient (Wildman–Crippen LogP) is 5.81. The van der Waals surface area contributed by atoms with Gasteiger partial charge >= 0.3 is 0 Å². The van der Waals surface area contributed by atoms with Crippen molar-refractivity contribution < 1.29 is 9.53 Å². The number of amides is 1. The van der Waals surface area contributed by atoms with E-state index < -0.39 is 0 Å². The van der Waals surface area contributed by atoms with Crippen LogP contribution in [0.15, 0.2) is 104 Å². The molecule has 160 valence electrons. The number of hydrogen-bond acceptors (Lipinski definition) is 6. The second-order valence-corrected chi connectivity index (χ2v) is 7.22. The fraction of sp³-hybridized carbons (Fsp3) is 0. The molecule has 1 amide bonds. The third-order valence-corrected chi connectivity index (χ3v) is 4.97. The van der Waals surface area contributed by atoms with Gasteiger partial charge in [0.25, 0.3) is 5.91 Å². The fourth-order valence-corrected chi connectivity index (χ4v) is 3.31. The zero-order valence-corrected chi connectivity index (χ0v) is 17.5. The van der Waals surface area contributed by atoms with Gasteiger partial charge in [-0.15, -0.1) is 0 Å². The molecule has 0 aliphatic rings. The molecule has 3 heterocycles. The highest BCUT2D eigenvalue weighted by atomic mass is 16.5. The van der Waals surface area contributed by atoms with Crippen molar-refractivity contribution in [1.29, 1.82) is 0 Å². The van der Waals surface area contributed by atoms with Gasteiger partial charge in [-0.25, -0.2) is 0 Å². The van der Waals surface area contributed by atoms with Gasteiger partial charge in [-0.2, -0.15) is 0 Å². The van der Waals surface area contributed by atoms with Crippen molar-refractivity contribution in [2.75, 3.05) is 10.6 Å². The average molecular weight is 433 g/mol. The largest absolute Gasteiger partial charge is 0.457 e. The maximum absolute atomic E-state index is 12.6. The number of aromatic nitrogens is 3. The summed E-state index contributed by atoms with van der Waals surface area (Å²) in [5.41, 5.74) is 3.86. The van der Waals surface area contributed by atoms with Gasteiger partial charge in [0.15, 0.2) is 0 Å². The lowest BCUT2D eigenvalue weighted by Gasteiger charge is -2.10. The van der Waals surface area contributed by atoms with Gasteiger partial charge in [-0.05, 0) is 72.8 Å². The number of fused-ring (bicyclic) bond motifs is 1. The van der Waals surface area contributed by atoms with Crippen molar-refractivity contribution in [2.45, 2.75) is 0 Å². The number of carbonyl (C=O) groups excluding carboxylic acids is 1. The lowest BCUT2D eigenvalue weighted by atomic mass is 10.1. The molecule has 5 rings (SSSR count). The van der Waals surface area contributed by atoms with E-state index >= 15 is 0 Å². The molecular formula is C26H19N5O2. The van der Waals surface area contributed by atoms with Crippen molar-refractivity contribution in [3.05, 3.63) is 109 Å². The maximum atomic E-state index is 12.6. The fourth-order valence-electron chi connectivity index (χ4n) is 3.31. The summed E-state index contributed by atoms with van der Waals surface area (Å²) in [5, 5.41) is 7.19. The van der Waals surface area contributed by atoms with E-state index in [1.807, 2.05) is 24.3 Å². The van der Waals surface area contributed by atoms with E-state index in [0.717, 1.165) is 22.3 Å². The monoisotopic (exact) mass is 433 g/mol. The quantitative estimate of drug-likeness (QED) is 0.351. The van der Waals surface area contributed by atoms with Crippen LogP contribution in [0.1, 0.15) is 10.4 Å². The summed E-state index contributed by atoms with van der Waals surface area (Å²) >= 11 is 0. The van der Waals surface area contributed by atoms with Crippen molar-refractivity contribution in [2.24, 2.45) is 0 Å². The van der Waals surface area contributed by atoms with E-state index in [1.54, 1.807) is 79.5 Å². The van der Waals surface area contributed by atoms with E-state index in [4.69, 9.17) is 4.74 Å². The van der Waals surface area contributed by atoms with Crippen LogP contribution < -0.4 is 15.4 Å². The highest BCUT2D eigenvalue weighted by molar-refractivity contribution is 6.04. The van der Waals surface area contributed by atoms with Crippen molar-refractivity contribution in [1.82, 2.24) is 15.0 Å². The SMILES string of the molecule is O=C(Nc1ccc(Oc2ccncc2)cc1)c1ccc(Nc2ccnc3ccncc23)cc1. The van der Waals surface area contributed by atoms with E-state index in [9.17, 15) is 4.79 Å². The highest BCUT2D eigenvalue weighted by Crippen LogP contribution is 2.25. The number of hydrogen-bond donors (Lipinski definition) is 2. The van der Waals surface area contributed by atoms with Crippen LogP contribution in [-0.4, -0.2) is 20.9 Å². The highest BCUT2D eigenvalue weighted by Gasteiger charge is 2.08. The Morgan fingerprint density at radius 1 is 0.697 bits per heavy atom. The Hall–Kier alpha value is -4.78. The minimum atomic E-state index is -0.192. The molecule has 2 N–H and O–H groups in total. The second kappa shape index (κ2) is 9.15. The van der Waals surface area contributed by atoms with Crippen LogP contribution in [0.4, 0.5) is 17.1 Å². The van der Waals surface area contributed by atoms with Gasteiger partial charge in [-0.3, -0.25) is 19.7 Å². The van der Waals surface area contributed by atoms with Crippen LogP contribution in [0.2, 0.25) is 0 Å². The molecule has 0 bridgehead atoms. The maximum Gasteiger partial charge on any atom is 0.255 e. The number of carbonyl (C=O) groups is 1. The molecular weight excluding hydrogens is 414 g/mol. The molecule has 0 radical (unpaired) electrons. The molecule has 33 heavy (non-hydrogen) atoms. The Kier molecular flexibility index (Phi) is 5.59. The summed E-state index contributed by atoms with van der Waals surface area (Å²) in [4.78, 5) is 25.1. The molecule has 0 aliphatic heterocycles. The zero-order chi connectivity index (χ0) is 22.5. The number of anilines is 3. The third-order valence-electron chi connectivity index (χ3n) is 4.97. The zero-order valence-electron chi connectivity index (χ0n) is 17.5. The standard InChI is InChI=1S/C26H19N5O2/c32-26(31-20-5-7-21(8-6-20)33-22-9-13-27-14-10-22)18-1-3-19(4-2-18)30-25-12-16-29-24-11-15-28-17-23(24)25/h1-17H,(H,29,30)(H,31,32). The first-order chi connectivity index (χ1) is 16.2. The number of nitrogens with zero attached hydrogens (tertiary/aromatic N) is 3. The molecule has 0 atom stereocenters. The van der Waals surface area contributed by atoms with Crippen LogP contribution in [0.25, 0.3) is 10.9 Å². The average Bonchev–Trinajstić information content (AvgIpc) is 2.86. The normalized spacial score (nSPS) is 10.5. The summed E-state index contributed by atoms with van der Waals surface area (Å²) in [5.74, 6) is 1.18. The van der Waals surface area contributed by atoms with Crippen molar-refractivity contribution >= 4 is 33.9 Å². The molecule has 0 saturated carbocycles. The lowest BCUT2D eigenvalue weighted by molar-refractivity contribution is 0.102. The van der Waals surface area contributed by atoms with E-state index in [0.29, 0.717) is 22.7 Å². The number of pyridine rings is 3. The summed E-state index contributed by atoms with van der Waals surface area (Å²) in [6.07, 6.45) is 8.58. The van der Waals surface area contributed by atoms with Gasteiger partial charge in [0.05, 0.1) is 11.2 Å². The molecule has 0 unspecified atom stereocenters. The number of ether oxygens (including phenoxy) is 1. The van der Waals surface area contributed by atoms with Crippen molar-refractivity contribution in [3.63, 3.8) is 0 Å². The molecule has 3 aromatic heterocycles. The summed E-state index contributed by atoms with van der Waals surface area (Å²) in [7, 11) is 0. The van der Waals surface area contributed by atoms with E-state index in [-0.39, 0.29) is 5.91 Å². The van der Waals surface area contributed by atoms with Crippen molar-refractivity contribution in [3.8, 4) is 11.5 Å². The first kappa shape index (κ1) is 20.1. The van der Waals surface area contributed by atoms with Gasteiger partial charge in [0.1, 0.15) is 11.5 Å². The number of nitrogens with one attached hydrogen (secondary N) is 2.